The van der Waals surface area contributed by atoms with Crippen molar-refractivity contribution in [3.05, 3.63) is 29.8 Å². The van der Waals surface area contributed by atoms with Crippen LogP contribution in [0.15, 0.2) is 24.3 Å². The summed E-state index contributed by atoms with van der Waals surface area (Å²) in [5, 5.41) is 8.91. The van der Waals surface area contributed by atoms with Crippen molar-refractivity contribution in [2.75, 3.05) is 11.9 Å². The first kappa shape index (κ1) is 13.6. The van der Waals surface area contributed by atoms with Crippen molar-refractivity contribution in [1.29, 1.82) is 5.26 Å². The fraction of sp³-hybridized carbons (Fsp3) is 0.500. The van der Waals surface area contributed by atoms with Crippen LogP contribution in [0.3, 0.4) is 0 Å². The Labute approximate surface area is 114 Å². The number of carbonyl (C=O) groups is 1. The molecule has 100 valence electrons. The molecule has 1 aromatic carbocycles. The topological polar surface area (TPSA) is 44.1 Å². The maximum Gasteiger partial charge on any atom is 0.229 e. The molecule has 3 heteroatoms. The monoisotopic (exact) mass is 256 g/mol. The molecule has 0 aromatic heterocycles. The second-order valence-corrected chi connectivity index (χ2v) is 5.25. The molecule has 1 fully saturated rings. The molecule has 1 amide bonds. The molecule has 0 aliphatic heterocycles. The van der Waals surface area contributed by atoms with Gasteiger partial charge in [0.1, 0.15) is 0 Å². The van der Waals surface area contributed by atoms with Gasteiger partial charge in [0, 0.05) is 18.7 Å². The molecule has 1 aliphatic carbocycles. The van der Waals surface area contributed by atoms with Gasteiger partial charge in [-0.3, -0.25) is 4.79 Å². The van der Waals surface area contributed by atoms with Crippen LogP contribution in [0.1, 0.15) is 44.1 Å². The highest BCUT2D eigenvalue weighted by atomic mass is 16.2. The van der Waals surface area contributed by atoms with Gasteiger partial charge in [-0.25, -0.2) is 0 Å². The van der Waals surface area contributed by atoms with E-state index in [-0.39, 0.29) is 11.8 Å². The molecule has 0 atom stereocenters. The normalized spacial score (nSPS) is 16.4. The number of rotatable bonds is 2. The molecule has 1 saturated carbocycles. The van der Waals surface area contributed by atoms with E-state index in [1.54, 1.807) is 17.0 Å². The van der Waals surface area contributed by atoms with Gasteiger partial charge in [-0.05, 0) is 31.0 Å². The number of hydrogen-bond donors (Lipinski definition) is 0. The predicted molar refractivity (Wildman–Crippen MR) is 75.8 cm³/mol. The number of anilines is 1. The zero-order valence-corrected chi connectivity index (χ0v) is 11.4. The van der Waals surface area contributed by atoms with Crippen LogP contribution in [0, 0.1) is 17.2 Å². The average Bonchev–Trinajstić information content (AvgIpc) is 2.75. The Kier molecular flexibility index (Phi) is 4.57. The van der Waals surface area contributed by atoms with E-state index in [0.29, 0.717) is 5.56 Å². The maximum absolute atomic E-state index is 12.5. The number of nitrogens with zero attached hydrogens (tertiary/aromatic N) is 2. The highest BCUT2D eigenvalue weighted by Crippen LogP contribution is 2.26. The molecule has 0 unspecified atom stereocenters. The minimum absolute atomic E-state index is 0.151. The molecule has 3 nitrogen and oxygen atoms in total. The zero-order valence-electron chi connectivity index (χ0n) is 11.4. The van der Waals surface area contributed by atoms with Crippen LogP contribution in [0.4, 0.5) is 5.69 Å². The molecule has 0 bridgehead atoms. The lowest BCUT2D eigenvalue weighted by molar-refractivity contribution is -0.122. The SMILES string of the molecule is CN(C(=O)C1CCCCCC1)c1cccc(C#N)c1. The summed E-state index contributed by atoms with van der Waals surface area (Å²) in [7, 11) is 1.81. The molecule has 19 heavy (non-hydrogen) atoms. The van der Waals surface area contributed by atoms with E-state index in [2.05, 4.69) is 6.07 Å². The standard InChI is InChI=1S/C16H20N2O/c1-18(15-10-6-7-13(11-15)12-17)16(19)14-8-4-2-3-5-9-14/h6-7,10-11,14H,2-5,8-9H2,1H3. The third-order valence-corrected chi connectivity index (χ3v) is 3.90. The molecule has 0 saturated heterocycles. The van der Waals surface area contributed by atoms with Crippen molar-refractivity contribution >= 4 is 11.6 Å². The maximum atomic E-state index is 12.5. The summed E-state index contributed by atoms with van der Waals surface area (Å²) in [6.45, 7) is 0. The Bertz CT molecular complexity index is 482. The van der Waals surface area contributed by atoms with Crippen molar-refractivity contribution in [2.45, 2.75) is 38.5 Å². The second-order valence-electron chi connectivity index (χ2n) is 5.25. The van der Waals surface area contributed by atoms with Gasteiger partial charge in [-0.15, -0.1) is 0 Å². The van der Waals surface area contributed by atoms with Gasteiger partial charge < -0.3 is 4.90 Å². The fourth-order valence-corrected chi connectivity index (χ4v) is 2.71. The Morgan fingerprint density at radius 2 is 1.95 bits per heavy atom. The number of carbonyl (C=O) groups excluding carboxylic acids is 1. The van der Waals surface area contributed by atoms with Gasteiger partial charge in [0.05, 0.1) is 11.6 Å². The fourth-order valence-electron chi connectivity index (χ4n) is 2.71. The third-order valence-electron chi connectivity index (χ3n) is 3.90. The summed E-state index contributed by atoms with van der Waals surface area (Å²) in [4.78, 5) is 14.2. The van der Waals surface area contributed by atoms with Gasteiger partial charge in [0.2, 0.25) is 5.91 Å². The quantitative estimate of drug-likeness (QED) is 0.760. The van der Waals surface area contributed by atoms with Crippen LogP contribution >= 0.6 is 0 Å². The lowest BCUT2D eigenvalue weighted by Gasteiger charge is -2.23. The van der Waals surface area contributed by atoms with Gasteiger partial charge in [-0.2, -0.15) is 5.26 Å². The highest BCUT2D eigenvalue weighted by Gasteiger charge is 2.23. The van der Waals surface area contributed by atoms with Crippen molar-refractivity contribution in [1.82, 2.24) is 0 Å². The molecule has 1 aliphatic rings. The van der Waals surface area contributed by atoms with Gasteiger partial charge in [-0.1, -0.05) is 31.7 Å². The van der Waals surface area contributed by atoms with Crippen LogP contribution in [0.25, 0.3) is 0 Å². The van der Waals surface area contributed by atoms with E-state index in [9.17, 15) is 4.79 Å². The van der Waals surface area contributed by atoms with E-state index in [0.717, 1.165) is 31.4 Å². The summed E-state index contributed by atoms with van der Waals surface area (Å²) < 4.78 is 0. The van der Waals surface area contributed by atoms with E-state index < -0.39 is 0 Å². The summed E-state index contributed by atoms with van der Waals surface area (Å²) >= 11 is 0. The lowest BCUT2D eigenvalue weighted by atomic mass is 9.98. The number of hydrogen-bond acceptors (Lipinski definition) is 2. The average molecular weight is 256 g/mol. The summed E-state index contributed by atoms with van der Waals surface area (Å²) in [6, 6.07) is 9.35. The number of nitriles is 1. The zero-order chi connectivity index (χ0) is 13.7. The van der Waals surface area contributed by atoms with Gasteiger partial charge in [0.15, 0.2) is 0 Å². The minimum Gasteiger partial charge on any atom is -0.315 e. The first-order valence-corrected chi connectivity index (χ1v) is 7.00. The van der Waals surface area contributed by atoms with Crippen LogP contribution in [-0.2, 0) is 4.79 Å². The van der Waals surface area contributed by atoms with Crippen LogP contribution in [-0.4, -0.2) is 13.0 Å². The summed E-state index contributed by atoms with van der Waals surface area (Å²) in [5.41, 5.74) is 1.41. The molecule has 0 radical (unpaired) electrons. The molecule has 0 N–H and O–H groups in total. The lowest BCUT2D eigenvalue weighted by Crippen LogP contribution is -2.32. The Balaban J connectivity index is 2.11. The third kappa shape index (κ3) is 3.35. The number of benzene rings is 1. The summed E-state index contributed by atoms with van der Waals surface area (Å²) in [6.07, 6.45) is 6.81. The van der Waals surface area contributed by atoms with Crippen molar-refractivity contribution in [3.8, 4) is 6.07 Å². The Morgan fingerprint density at radius 1 is 1.26 bits per heavy atom. The van der Waals surface area contributed by atoms with E-state index in [1.165, 1.54) is 12.8 Å². The van der Waals surface area contributed by atoms with Crippen LogP contribution < -0.4 is 4.90 Å². The van der Waals surface area contributed by atoms with Crippen molar-refractivity contribution in [2.24, 2.45) is 5.92 Å². The Hall–Kier alpha value is -1.82. The highest BCUT2D eigenvalue weighted by molar-refractivity contribution is 5.94. The first-order valence-electron chi connectivity index (χ1n) is 7.00. The molecule has 2 rings (SSSR count). The second kappa shape index (κ2) is 6.38. The molecule has 0 spiro atoms. The molecule has 1 aromatic rings. The molecular weight excluding hydrogens is 236 g/mol. The molecule has 0 heterocycles. The van der Waals surface area contributed by atoms with E-state index in [1.807, 2.05) is 19.2 Å². The van der Waals surface area contributed by atoms with Crippen molar-refractivity contribution in [3.63, 3.8) is 0 Å². The molecular formula is C16H20N2O. The summed E-state index contributed by atoms with van der Waals surface area (Å²) in [5.74, 6) is 0.343. The largest absolute Gasteiger partial charge is 0.315 e. The van der Waals surface area contributed by atoms with E-state index >= 15 is 0 Å². The van der Waals surface area contributed by atoms with Crippen molar-refractivity contribution < 1.29 is 4.79 Å². The predicted octanol–water partition coefficient (Wildman–Crippen LogP) is 3.49. The van der Waals surface area contributed by atoms with Crippen LogP contribution in [0.5, 0.6) is 0 Å². The van der Waals surface area contributed by atoms with Gasteiger partial charge >= 0.3 is 0 Å². The van der Waals surface area contributed by atoms with Gasteiger partial charge in [0.25, 0.3) is 0 Å². The number of amides is 1. The minimum atomic E-state index is 0.151. The first-order chi connectivity index (χ1) is 9.22. The Morgan fingerprint density at radius 3 is 2.58 bits per heavy atom. The van der Waals surface area contributed by atoms with Crippen LogP contribution in [0.2, 0.25) is 0 Å². The van der Waals surface area contributed by atoms with E-state index in [4.69, 9.17) is 5.26 Å². The smallest absolute Gasteiger partial charge is 0.229 e.